The molecule has 0 radical (unpaired) electrons. The Morgan fingerprint density at radius 2 is 2.00 bits per heavy atom. The van der Waals surface area contributed by atoms with Gasteiger partial charge in [-0.15, -0.1) is 11.3 Å². The number of rotatable bonds is 5. The van der Waals surface area contributed by atoms with Crippen molar-refractivity contribution in [3.05, 3.63) is 41.0 Å². The fourth-order valence-corrected chi connectivity index (χ4v) is 5.24. The van der Waals surface area contributed by atoms with Gasteiger partial charge in [0.1, 0.15) is 17.0 Å². The number of fused-ring (bicyclic) bond motifs is 1. The summed E-state index contributed by atoms with van der Waals surface area (Å²) in [7, 11) is 0. The van der Waals surface area contributed by atoms with Crippen molar-refractivity contribution in [2.45, 2.75) is 52.0 Å². The lowest BCUT2D eigenvalue weighted by Crippen LogP contribution is -2.40. The van der Waals surface area contributed by atoms with Gasteiger partial charge in [-0.3, -0.25) is 0 Å². The molecule has 2 aromatic heterocycles. The van der Waals surface area contributed by atoms with E-state index in [2.05, 4.69) is 48.0 Å². The number of piperidine rings is 1. The molecule has 1 saturated heterocycles. The van der Waals surface area contributed by atoms with Crippen LogP contribution in [-0.2, 0) is 6.42 Å². The molecule has 27 heavy (non-hydrogen) atoms. The minimum atomic E-state index is 0.226. The van der Waals surface area contributed by atoms with E-state index in [0.29, 0.717) is 6.04 Å². The summed E-state index contributed by atoms with van der Waals surface area (Å²) in [5.74, 6) is 1.04. The maximum Gasteiger partial charge on any atom is 0.141 e. The van der Waals surface area contributed by atoms with Gasteiger partial charge in [0.2, 0.25) is 0 Å². The summed E-state index contributed by atoms with van der Waals surface area (Å²) >= 11 is 1.75. The number of aromatic nitrogens is 2. The van der Waals surface area contributed by atoms with E-state index in [9.17, 15) is 5.11 Å². The molecule has 3 aromatic rings. The van der Waals surface area contributed by atoms with E-state index in [1.807, 2.05) is 0 Å². The number of aryl methyl sites for hydroxylation is 2. The summed E-state index contributed by atoms with van der Waals surface area (Å²) in [5.41, 5.74) is 3.86. The summed E-state index contributed by atoms with van der Waals surface area (Å²) in [6, 6.07) is 9.25. The van der Waals surface area contributed by atoms with E-state index in [0.717, 1.165) is 36.5 Å². The molecule has 4 nitrogen and oxygen atoms in total. The molecule has 5 heteroatoms. The highest BCUT2D eigenvalue weighted by Crippen LogP contribution is 2.42. The van der Waals surface area contributed by atoms with Crippen LogP contribution in [0.1, 0.15) is 43.0 Å². The summed E-state index contributed by atoms with van der Waals surface area (Å²) in [4.78, 5) is 14.1. The van der Waals surface area contributed by atoms with Crippen molar-refractivity contribution in [2.24, 2.45) is 0 Å². The number of hydrogen-bond donors (Lipinski definition) is 1. The van der Waals surface area contributed by atoms with Crippen molar-refractivity contribution < 1.29 is 5.11 Å². The van der Waals surface area contributed by atoms with Gasteiger partial charge in [-0.2, -0.15) is 0 Å². The largest absolute Gasteiger partial charge is 0.396 e. The number of benzene rings is 1. The average molecular weight is 382 g/mol. The van der Waals surface area contributed by atoms with Gasteiger partial charge in [0.05, 0.1) is 5.39 Å². The first-order valence-electron chi connectivity index (χ1n) is 9.93. The van der Waals surface area contributed by atoms with Gasteiger partial charge >= 0.3 is 0 Å². The van der Waals surface area contributed by atoms with Crippen LogP contribution in [0.15, 0.2) is 30.6 Å². The molecule has 1 aromatic carbocycles. The Kier molecular flexibility index (Phi) is 5.41. The Hall–Kier alpha value is -1.98. The van der Waals surface area contributed by atoms with Crippen LogP contribution in [0.5, 0.6) is 0 Å². The lowest BCUT2D eigenvalue weighted by atomic mass is 9.97. The van der Waals surface area contributed by atoms with Crippen LogP contribution in [0.4, 0.5) is 5.82 Å². The molecule has 1 unspecified atom stereocenters. The first kappa shape index (κ1) is 18.4. The van der Waals surface area contributed by atoms with Gasteiger partial charge in [0, 0.05) is 29.6 Å². The molecule has 1 N–H and O–H groups in total. The number of hydrogen-bond acceptors (Lipinski definition) is 5. The number of thiophene rings is 1. The van der Waals surface area contributed by atoms with Crippen molar-refractivity contribution in [3.63, 3.8) is 0 Å². The predicted octanol–water partition coefficient (Wildman–Crippen LogP) is 4.97. The third-order valence-corrected chi connectivity index (χ3v) is 6.67. The Morgan fingerprint density at radius 1 is 1.19 bits per heavy atom. The maximum atomic E-state index is 9.53. The molecular formula is C22H27N3OS. The molecule has 0 saturated carbocycles. The summed E-state index contributed by atoms with van der Waals surface area (Å²) in [5, 5.41) is 10.7. The molecule has 142 valence electrons. The second-order valence-electron chi connectivity index (χ2n) is 7.32. The molecule has 1 aliphatic rings. The van der Waals surface area contributed by atoms with Crippen LogP contribution in [-0.4, -0.2) is 34.3 Å². The fourth-order valence-electron chi connectivity index (χ4n) is 4.23. The topological polar surface area (TPSA) is 49.2 Å². The first-order valence-corrected chi connectivity index (χ1v) is 10.8. The van der Waals surface area contributed by atoms with Crippen LogP contribution >= 0.6 is 11.3 Å². The normalized spacial score (nSPS) is 17.6. The van der Waals surface area contributed by atoms with Gasteiger partial charge in [0.15, 0.2) is 0 Å². The van der Waals surface area contributed by atoms with E-state index < -0.39 is 0 Å². The molecule has 0 bridgehead atoms. The summed E-state index contributed by atoms with van der Waals surface area (Å²) < 4.78 is 0. The molecule has 0 amide bonds. The molecule has 1 atom stereocenters. The highest BCUT2D eigenvalue weighted by molar-refractivity contribution is 7.19. The van der Waals surface area contributed by atoms with Gasteiger partial charge in [-0.1, -0.05) is 31.2 Å². The Morgan fingerprint density at radius 3 is 2.74 bits per heavy atom. The highest BCUT2D eigenvalue weighted by atomic mass is 32.1. The number of aliphatic hydroxyl groups excluding tert-OH is 1. The SMILES string of the molecule is CCc1ccc(-c2c(C)sc3ncnc(N4CCCCC4CCO)c23)cc1. The Balaban J connectivity index is 1.86. The molecule has 0 spiro atoms. The van der Waals surface area contributed by atoms with Crippen LogP contribution in [0.3, 0.4) is 0 Å². The zero-order valence-corrected chi connectivity index (χ0v) is 16.9. The van der Waals surface area contributed by atoms with E-state index in [-0.39, 0.29) is 6.61 Å². The third-order valence-electron chi connectivity index (χ3n) is 5.66. The van der Waals surface area contributed by atoms with Crippen molar-refractivity contribution in [3.8, 4) is 11.1 Å². The van der Waals surface area contributed by atoms with E-state index in [4.69, 9.17) is 4.98 Å². The van der Waals surface area contributed by atoms with Crippen LogP contribution < -0.4 is 4.90 Å². The molecule has 3 heterocycles. The zero-order valence-electron chi connectivity index (χ0n) is 16.1. The van der Waals surface area contributed by atoms with Crippen LogP contribution in [0.2, 0.25) is 0 Å². The quantitative estimate of drug-likeness (QED) is 0.678. The maximum absolute atomic E-state index is 9.53. The molecule has 0 aliphatic carbocycles. The minimum Gasteiger partial charge on any atom is -0.396 e. The van der Waals surface area contributed by atoms with Gasteiger partial charge in [-0.05, 0) is 50.2 Å². The number of nitrogens with zero attached hydrogens (tertiary/aromatic N) is 3. The molecule has 1 aliphatic heterocycles. The smallest absolute Gasteiger partial charge is 0.141 e. The lowest BCUT2D eigenvalue weighted by molar-refractivity contribution is 0.262. The Labute approximate surface area is 164 Å². The van der Waals surface area contributed by atoms with Gasteiger partial charge in [-0.25, -0.2) is 9.97 Å². The summed E-state index contributed by atoms with van der Waals surface area (Å²) in [6.45, 7) is 5.59. The van der Waals surface area contributed by atoms with Gasteiger partial charge < -0.3 is 10.0 Å². The fraction of sp³-hybridized carbons (Fsp3) is 0.455. The van der Waals surface area contributed by atoms with Crippen LogP contribution in [0, 0.1) is 6.92 Å². The predicted molar refractivity (Wildman–Crippen MR) is 114 cm³/mol. The minimum absolute atomic E-state index is 0.226. The summed E-state index contributed by atoms with van der Waals surface area (Å²) in [6.07, 6.45) is 7.07. The first-order chi connectivity index (χ1) is 13.2. The standard InChI is InChI=1S/C22H27N3OS/c1-3-16-7-9-17(10-8-16)19-15(2)27-22-20(19)21(23-14-24-22)25-12-5-4-6-18(25)11-13-26/h7-10,14,18,26H,3-6,11-13H2,1-2H3. The number of anilines is 1. The number of aliphatic hydroxyl groups is 1. The second-order valence-corrected chi connectivity index (χ2v) is 8.52. The van der Waals surface area contributed by atoms with E-state index in [1.165, 1.54) is 39.8 Å². The molecule has 4 rings (SSSR count). The zero-order chi connectivity index (χ0) is 18.8. The molecule has 1 fully saturated rings. The van der Waals surface area contributed by atoms with Crippen molar-refractivity contribution in [2.75, 3.05) is 18.1 Å². The van der Waals surface area contributed by atoms with Crippen LogP contribution in [0.25, 0.3) is 21.3 Å². The van der Waals surface area contributed by atoms with E-state index in [1.54, 1.807) is 17.7 Å². The van der Waals surface area contributed by atoms with Crippen molar-refractivity contribution in [1.82, 2.24) is 9.97 Å². The average Bonchev–Trinajstić information content (AvgIpc) is 3.04. The van der Waals surface area contributed by atoms with Crippen molar-refractivity contribution in [1.29, 1.82) is 0 Å². The molecular weight excluding hydrogens is 354 g/mol. The lowest BCUT2D eigenvalue weighted by Gasteiger charge is -2.37. The monoisotopic (exact) mass is 381 g/mol. The third kappa shape index (κ3) is 3.46. The Bertz CT molecular complexity index is 917. The second kappa shape index (κ2) is 7.95. The van der Waals surface area contributed by atoms with E-state index >= 15 is 0 Å². The van der Waals surface area contributed by atoms with Crippen molar-refractivity contribution >= 4 is 27.4 Å². The van der Waals surface area contributed by atoms with Gasteiger partial charge in [0.25, 0.3) is 0 Å². The highest BCUT2D eigenvalue weighted by Gasteiger charge is 2.27.